The standard InChI is InChI=1S/C15H34ClN4O2P/c1-12(2)18(13(3)4)20(19(14(5)6)15(7)8)23(16,21)22-11-9-10-17/h12-15,21,23H,9,11H2,1-8H3. The van der Waals surface area contributed by atoms with Gasteiger partial charge in [0.25, 0.3) is 0 Å². The Hall–Kier alpha value is 0.0100. The fourth-order valence-corrected chi connectivity index (χ4v) is 5.48. The SMILES string of the molecule is CC(C)N(C(C)C)N(N(C(C)C)C(C)C)[PH](O)(Cl)OCCC#N. The van der Waals surface area contributed by atoms with Gasteiger partial charge in [0.2, 0.25) is 0 Å². The van der Waals surface area contributed by atoms with Gasteiger partial charge in [0.1, 0.15) is 0 Å². The first-order valence-electron chi connectivity index (χ1n) is 8.26. The van der Waals surface area contributed by atoms with Crippen molar-refractivity contribution in [1.82, 2.24) is 14.9 Å². The number of rotatable bonds is 10. The molecule has 6 nitrogen and oxygen atoms in total. The Morgan fingerprint density at radius 3 is 1.57 bits per heavy atom. The zero-order valence-electron chi connectivity index (χ0n) is 15.7. The van der Waals surface area contributed by atoms with Crippen molar-refractivity contribution in [2.24, 2.45) is 0 Å². The predicted molar refractivity (Wildman–Crippen MR) is 98.6 cm³/mol. The monoisotopic (exact) mass is 368 g/mol. The van der Waals surface area contributed by atoms with Crippen LogP contribution in [0.5, 0.6) is 0 Å². The van der Waals surface area contributed by atoms with Gasteiger partial charge in [-0.2, -0.15) is 0 Å². The Kier molecular flexibility index (Phi) is 10.1. The summed E-state index contributed by atoms with van der Waals surface area (Å²) in [7, 11) is -3.74. The number of hydrogen-bond acceptors (Lipinski definition) is 6. The number of nitrogens with zero attached hydrogens (tertiary/aromatic N) is 4. The van der Waals surface area contributed by atoms with Crippen LogP contribution in [0.4, 0.5) is 0 Å². The molecule has 0 aromatic heterocycles. The van der Waals surface area contributed by atoms with E-state index in [0.717, 1.165) is 0 Å². The van der Waals surface area contributed by atoms with Crippen molar-refractivity contribution in [2.45, 2.75) is 86.0 Å². The van der Waals surface area contributed by atoms with Crippen molar-refractivity contribution >= 4 is 18.5 Å². The van der Waals surface area contributed by atoms with Crippen LogP contribution in [0.3, 0.4) is 0 Å². The van der Waals surface area contributed by atoms with E-state index in [2.05, 4.69) is 55.4 Å². The predicted octanol–water partition coefficient (Wildman–Crippen LogP) is 3.93. The van der Waals surface area contributed by atoms with E-state index in [1.165, 1.54) is 0 Å². The maximum atomic E-state index is 11.0. The van der Waals surface area contributed by atoms with Crippen LogP contribution in [0.1, 0.15) is 61.8 Å². The first-order chi connectivity index (χ1) is 10.5. The minimum atomic E-state index is -3.74. The first kappa shape index (κ1) is 23.0. The average molecular weight is 369 g/mol. The molecule has 0 aliphatic rings. The number of hydrazine groups is 2. The fraction of sp³-hybridized carbons (Fsp3) is 0.933. The third-order valence-electron chi connectivity index (χ3n) is 3.30. The van der Waals surface area contributed by atoms with E-state index in [0.29, 0.717) is 0 Å². The molecule has 0 atom stereocenters. The molecule has 0 fully saturated rings. The first-order valence-corrected chi connectivity index (χ1v) is 11.1. The summed E-state index contributed by atoms with van der Waals surface area (Å²) in [6, 6.07) is 2.54. The third-order valence-corrected chi connectivity index (χ3v) is 5.61. The van der Waals surface area contributed by atoms with Gasteiger partial charge in [-0.05, 0) is 0 Å². The van der Waals surface area contributed by atoms with E-state index in [-0.39, 0.29) is 37.2 Å². The zero-order valence-corrected chi connectivity index (χ0v) is 17.5. The van der Waals surface area contributed by atoms with Crippen molar-refractivity contribution in [3.05, 3.63) is 0 Å². The Bertz CT molecular complexity index is 350. The van der Waals surface area contributed by atoms with Crippen LogP contribution >= 0.6 is 18.5 Å². The quantitative estimate of drug-likeness (QED) is 0.358. The van der Waals surface area contributed by atoms with Gasteiger partial charge < -0.3 is 0 Å². The summed E-state index contributed by atoms with van der Waals surface area (Å²) in [6.07, 6.45) is 0.197. The molecule has 0 saturated carbocycles. The molecule has 0 spiro atoms. The summed E-state index contributed by atoms with van der Waals surface area (Å²) >= 11 is 6.51. The Morgan fingerprint density at radius 2 is 1.30 bits per heavy atom. The van der Waals surface area contributed by atoms with Crippen molar-refractivity contribution in [1.29, 1.82) is 5.26 Å². The molecule has 0 aromatic rings. The van der Waals surface area contributed by atoms with Crippen molar-refractivity contribution in [2.75, 3.05) is 6.61 Å². The molecule has 0 bridgehead atoms. The summed E-state index contributed by atoms with van der Waals surface area (Å²) in [6.45, 7) is 16.6. The van der Waals surface area contributed by atoms with Gasteiger partial charge in [-0.3, -0.25) is 0 Å². The Labute approximate surface area is 147 Å². The summed E-state index contributed by atoms with van der Waals surface area (Å²) in [5.41, 5.74) is 0. The summed E-state index contributed by atoms with van der Waals surface area (Å²) in [4.78, 5) is 12.7. The normalized spacial score (nSPS) is 14.1. The van der Waals surface area contributed by atoms with Gasteiger partial charge in [-0.1, -0.05) is 0 Å². The summed E-state index contributed by atoms with van der Waals surface area (Å²) < 4.78 is 5.57. The van der Waals surface area contributed by atoms with Gasteiger partial charge >= 0.3 is 147 Å². The van der Waals surface area contributed by atoms with Gasteiger partial charge in [-0.15, -0.1) is 0 Å². The summed E-state index contributed by atoms with van der Waals surface area (Å²) in [5.74, 6) is 0. The molecule has 0 aliphatic carbocycles. The van der Waals surface area contributed by atoms with Crippen LogP contribution in [-0.4, -0.2) is 50.6 Å². The van der Waals surface area contributed by atoms with Crippen LogP contribution in [0.15, 0.2) is 0 Å². The molecule has 0 unspecified atom stereocenters. The van der Waals surface area contributed by atoms with E-state index in [1.54, 1.807) is 4.89 Å². The van der Waals surface area contributed by atoms with Crippen LogP contribution in [-0.2, 0) is 4.52 Å². The van der Waals surface area contributed by atoms with E-state index in [4.69, 9.17) is 21.0 Å². The second-order valence-electron chi connectivity index (χ2n) is 6.71. The van der Waals surface area contributed by atoms with E-state index < -0.39 is 7.22 Å². The second kappa shape index (κ2) is 10.1. The molecule has 23 heavy (non-hydrogen) atoms. The van der Waals surface area contributed by atoms with Gasteiger partial charge in [0, 0.05) is 0 Å². The molecule has 1 N–H and O–H groups in total. The molecule has 0 saturated heterocycles. The molecular formula is C15H34ClN4O2P. The van der Waals surface area contributed by atoms with E-state index in [9.17, 15) is 4.89 Å². The summed E-state index contributed by atoms with van der Waals surface area (Å²) in [5, 5.41) is 12.8. The van der Waals surface area contributed by atoms with Crippen LogP contribution < -0.4 is 0 Å². The zero-order chi connectivity index (χ0) is 18.4. The second-order valence-corrected chi connectivity index (χ2v) is 9.93. The van der Waals surface area contributed by atoms with Crippen LogP contribution in [0, 0.1) is 11.3 Å². The number of halogens is 1. The van der Waals surface area contributed by atoms with E-state index >= 15 is 0 Å². The average Bonchev–Trinajstić information content (AvgIpc) is 2.36. The topological polar surface area (TPSA) is 63.0 Å². The molecule has 138 valence electrons. The molecule has 0 aliphatic heterocycles. The van der Waals surface area contributed by atoms with E-state index in [1.807, 2.05) is 16.1 Å². The molecule has 0 amide bonds. The Morgan fingerprint density at radius 1 is 0.957 bits per heavy atom. The molecule has 0 heterocycles. The van der Waals surface area contributed by atoms with Gasteiger partial charge in [0.15, 0.2) is 0 Å². The fourth-order valence-electron chi connectivity index (χ4n) is 2.76. The van der Waals surface area contributed by atoms with Crippen LogP contribution in [0.25, 0.3) is 0 Å². The van der Waals surface area contributed by atoms with Crippen molar-refractivity contribution in [3.8, 4) is 6.07 Å². The molecule has 0 rings (SSSR count). The maximum absolute atomic E-state index is 11.0. The number of hydrogen-bond donors (Lipinski definition) is 1. The van der Waals surface area contributed by atoms with Crippen molar-refractivity contribution < 1.29 is 9.42 Å². The molecular weight excluding hydrogens is 335 g/mol. The Balaban J connectivity index is 5.81. The third kappa shape index (κ3) is 6.80. The molecule has 0 aromatic carbocycles. The molecule has 0 radical (unpaired) electrons. The molecule has 8 heteroatoms. The minimum absolute atomic E-state index is 0.118. The van der Waals surface area contributed by atoms with Crippen molar-refractivity contribution in [3.63, 3.8) is 0 Å². The van der Waals surface area contributed by atoms with Gasteiger partial charge in [0.05, 0.1) is 0 Å². The van der Waals surface area contributed by atoms with Gasteiger partial charge in [-0.25, -0.2) is 0 Å². The number of nitriles is 1. The van der Waals surface area contributed by atoms with Crippen LogP contribution in [0.2, 0.25) is 0 Å².